The van der Waals surface area contributed by atoms with Gasteiger partial charge in [-0.1, -0.05) is 33.1 Å². The van der Waals surface area contributed by atoms with Gasteiger partial charge in [-0.05, 0) is 31.1 Å². The summed E-state index contributed by atoms with van der Waals surface area (Å²) in [5.41, 5.74) is -0.485. The summed E-state index contributed by atoms with van der Waals surface area (Å²) in [6.45, 7) is 4.57. The van der Waals surface area contributed by atoms with Crippen LogP contribution in [-0.2, 0) is 0 Å². The second-order valence-electron chi connectivity index (χ2n) is 6.55. The van der Waals surface area contributed by atoms with Gasteiger partial charge in [0.25, 0.3) is 0 Å². The van der Waals surface area contributed by atoms with Crippen molar-refractivity contribution in [2.75, 3.05) is 6.61 Å². The quantitative estimate of drug-likeness (QED) is 0.738. The molecule has 0 aromatic rings. The topological polar surface area (TPSA) is 40.5 Å². The van der Waals surface area contributed by atoms with E-state index in [0.29, 0.717) is 0 Å². The van der Waals surface area contributed by atoms with Gasteiger partial charge in [-0.15, -0.1) is 0 Å². The predicted molar refractivity (Wildman–Crippen MR) is 60.6 cm³/mol. The Kier molecular flexibility index (Phi) is 2.63. The lowest BCUT2D eigenvalue weighted by Crippen LogP contribution is -2.62. The van der Waals surface area contributed by atoms with Crippen molar-refractivity contribution in [2.45, 2.75) is 64.4 Å². The molecule has 2 aliphatic rings. The van der Waals surface area contributed by atoms with Crippen LogP contribution in [0.15, 0.2) is 0 Å². The first-order valence-corrected chi connectivity index (χ1v) is 6.26. The van der Waals surface area contributed by atoms with Gasteiger partial charge in [0.05, 0.1) is 12.2 Å². The van der Waals surface area contributed by atoms with Gasteiger partial charge in [-0.3, -0.25) is 0 Å². The van der Waals surface area contributed by atoms with E-state index in [1.54, 1.807) is 0 Å². The van der Waals surface area contributed by atoms with E-state index in [0.717, 1.165) is 25.7 Å². The summed E-state index contributed by atoms with van der Waals surface area (Å²) < 4.78 is 0. The van der Waals surface area contributed by atoms with Crippen LogP contribution < -0.4 is 0 Å². The molecule has 0 unspecified atom stereocenters. The van der Waals surface area contributed by atoms with Crippen LogP contribution in [0.3, 0.4) is 0 Å². The van der Waals surface area contributed by atoms with Gasteiger partial charge in [0.15, 0.2) is 0 Å². The molecule has 2 aliphatic carbocycles. The Bertz CT molecular complexity index is 231. The lowest BCUT2D eigenvalue weighted by Gasteiger charge is -2.60. The summed E-state index contributed by atoms with van der Waals surface area (Å²) in [5.74, 6) is 0. The minimum absolute atomic E-state index is 0.166. The molecular formula is C13H24O2. The zero-order chi connectivity index (χ0) is 11.2. The number of hydrogen-bond acceptors (Lipinski definition) is 2. The van der Waals surface area contributed by atoms with Crippen LogP contribution in [0.25, 0.3) is 0 Å². The van der Waals surface area contributed by atoms with Gasteiger partial charge < -0.3 is 10.2 Å². The van der Waals surface area contributed by atoms with Gasteiger partial charge in [-0.25, -0.2) is 0 Å². The summed E-state index contributed by atoms with van der Waals surface area (Å²) in [6.07, 6.45) is 7.35. The predicted octanol–water partition coefficient (Wildman–Crippen LogP) is 2.48. The second-order valence-corrected chi connectivity index (χ2v) is 6.55. The Morgan fingerprint density at radius 1 is 1.00 bits per heavy atom. The van der Waals surface area contributed by atoms with E-state index >= 15 is 0 Å². The first-order valence-electron chi connectivity index (χ1n) is 6.26. The van der Waals surface area contributed by atoms with E-state index in [1.807, 2.05) is 0 Å². The maximum absolute atomic E-state index is 10.7. The van der Waals surface area contributed by atoms with Crippen molar-refractivity contribution in [3.05, 3.63) is 0 Å². The van der Waals surface area contributed by atoms with Crippen molar-refractivity contribution in [1.29, 1.82) is 0 Å². The standard InChI is InChI=1S/C13H24O2/c1-11(2)8-13(15,9-11)12(10-14)6-4-3-5-7-12/h14-15H,3-10H2,1-2H3. The number of aliphatic hydroxyl groups is 2. The number of hydrogen-bond donors (Lipinski definition) is 2. The fourth-order valence-corrected chi connectivity index (χ4v) is 3.91. The van der Waals surface area contributed by atoms with Crippen molar-refractivity contribution < 1.29 is 10.2 Å². The van der Waals surface area contributed by atoms with Gasteiger partial charge >= 0.3 is 0 Å². The summed E-state index contributed by atoms with van der Waals surface area (Å²) in [5, 5.41) is 20.3. The van der Waals surface area contributed by atoms with Gasteiger partial charge in [0.1, 0.15) is 0 Å². The Balaban J connectivity index is 2.12. The molecule has 0 radical (unpaired) electrons. The van der Waals surface area contributed by atoms with Gasteiger partial charge in [0, 0.05) is 5.41 Å². The first kappa shape index (κ1) is 11.4. The third-order valence-corrected chi connectivity index (χ3v) is 4.64. The molecule has 0 heterocycles. The monoisotopic (exact) mass is 212 g/mol. The van der Waals surface area contributed by atoms with Crippen molar-refractivity contribution in [1.82, 2.24) is 0 Å². The molecule has 0 spiro atoms. The fraction of sp³-hybridized carbons (Fsp3) is 1.00. The third-order valence-electron chi connectivity index (χ3n) is 4.64. The molecule has 0 bridgehead atoms. The summed E-state index contributed by atoms with van der Waals surface area (Å²) in [4.78, 5) is 0. The smallest absolute Gasteiger partial charge is 0.0735 e. The van der Waals surface area contributed by atoms with Crippen molar-refractivity contribution in [3.63, 3.8) is 0 Å². The molecule has 0 saturated heterocycles. The maximum Gasteiger partial charge on any atom is 0.0735 e. The van der Waals surface area contributed by atoms with Crippen molar-refractivity contribution in [3.8, 4) is 0 Å². The Hall–Kier alpha value is -0.0800. The molecule has 2 rings (SSSR count). The Morgan fingerprint density at radius 3 is 1.93 bits per heavy atom. The van der Waals surface area contributed by atoms with E-state index in [9.17, 15) is 10.2 Å². The average Bonchev–Trinajstić information content (AvgIpc) is 2.15. The molecule has 2 nitrogen and oxygen atoms in total. The number of aliphatic hydroxyl groups excluding tert-OH is 1. The number of rotatable bonds is 2. The molecule has 88 valence electrons. The zero-order valence-electron chi connectivity index (χ0n) is 10.1. The fourth-order valence-electron chi connectivity index (χ4n) is 3.91. The Labute approximate surface area is 92.7 Å². The highest BCUT2D eigenvalue weighted by Crippen LogP contribution is 2.60. The lowest BCUT2D eigenvalue weighted by atomic mass is 9.48. The van der Waals surface area contributed by atoms with Gasteiger partial charge in [-0.2, -0.15) is 0 Å². The summed E-state index contributed by atoms with van der Waals surface area (Å²) in [7, 11) is 0. The molecule has 0 aliphatic heterocycles. The average molecular weight is 212 g/mol. The summed E-state index contributed by atoms with van der Waals surface area (Å²) >= 11 is 0. The van der Waals surface area contributed by atoms with Crippen molar-refractivity contribution in [2.24, 2.45) is 10.8 Å². The van der Waals surface area contributed by atoms with E-state index in [2.05, 4.69) is 13.8 Å². The highest BCUT2D eigenvalue weighted by atomic mass is 16.3. The largest absolute Gasteiger partial charge is 0.396 e. The molecular weight excluding hydrogens is 188 g/mol. The molecule has 2 saturated carbocycles. The molecule has 0 atom stereocenters. The highest BCUT2D eigenvalue weighted by Gasteiger charge is 2.59. The minimum Gasteiger partial charge on any atom is -0.396 e. The first-order chi connectivity index (χ1) is 6.93. The SMILES string of the molecule is CC1(C)CC(O)(C2(CO)CCCCC2)C1. The van der Waals surface area contributed by atoms with Crippen LogP contribution in [0.4, 0.5) is 0 Å². The molecule has 0 aromatic heterocycles. The zero-order valence-corrected chi connectivity index (χ0v) is 10.1. The van der Waals surface area contributed by atoms with E-state index < -0.39 is 5.60 Å². The normalized spacial score (nSPS) is 32.0. The molecule has 2 N–H and O–H groups in total. The third kappa shape index (κ3) is 1.72. The van der Waals surface area contributed by atoms with Crippen LogP contribution in [-0.4, -0.2) is 22.4 Å². The van der Waals surface area contributed by atoms with Crippen LogP contribution in [0.2, 0.25) is 0 Å². The molecule has 2 fully saturated rings. The van der Waals surface area contributed by atoms with Crippen molar-refractivity contribution >= 4 is 0 Å². The highest BCUT2D eigenvalue weighted by molar-refractivity contribution is 5.10. The molecule has 0 aromatic carbocycles. The van der Waals surface area contributed by atoms with Gasteiger partial charge in [0.2, 0.25) is 0 Å². The van der Waals surface area contributed by atoms with Crippen LogP contribution in [0.5, 0.6) is 0 Å². The molecule has 2 heteroatoms. The second kappa shape index (κ2) is 3.46. The summed E-state index contributed by atoms with van der Waals surface area (Å²) in [6, 6.07) is 0. The van der Waals surface area contributed by atoms with E-state index in [-0.39, 0.29) is 17.4 Å². The minimum atomic E-state index is -0.578. The lowest BCUT2D eigenvalue weighted by molar-refractivity contribution is -0.217. The van der Waals surface area contributed by atoms with E-state index in [1.165, 1.54) is 19.3 Å². The van der Waals surface area contributed by atoms with E-state index in [4.69, 9.17) is 0 Å². The molecule has 15 heavy (non-hydrogen) atoms. The van der Waals surface area contributed by atoms with Crippen LogP contribution in [0, 0.1) is 10.8 Å². The Morgan fingerprint density at radius 2 is 1.53 bits per heavy atom. The van der Waals surface area contributed by atoms with Crippen LogP contribution >= 0.6 is 0 Å². The van der Waals surface area contributed by atoms with Crippen LogP contribution in [0.1, 0.15) is 58.8 Å². The molecule has 0 amide bonds. The maximum atomic E-state index is 10.7.